The summed E-state index contributed by atoms with van der Waals surface area (Å²) in [5.74, 6) is 0.522. The molecule has 2 saturated heterocycles. The van der Waals surface area contributed by atoms with Crippen molar-refractivity contribution in [1.82, 2.24) is 30.2 Å². The molecule has 0 saturated carbocycles. The van der Waals surface area contributed by atoms with Crippen LogP contribution in [0, 0.1) is 13.8 Å². The van der Waals surface area contributed by atoms with Crippen molar-refractivity contribution < 1.29 is 14.4 Å². The van der Waals surface area contributed by atoms with Crippen LogP contribution in [0.25, 0.3) is 10.2 Å². The second-order valence-electron chi connectivity index (χ2n) is 9.86. The molecule has 3 aliphatic heterocycles. The molecule has 5 heterocycles. The summed E-state index contributed by atoms with van der Waals surface area (Å²) >= 11 is 1.73. The Morgan fingerprint density at radius 3 is 2.70 bits per heavy atom. The van der Waals surface area contributed by atoms with E-state index in [4.69, 9.17) is 0 Å². The van der Waals surface area contributed by atoms with Gasteiger partial charge >= 0.3 is 6.03 Å². The van der Waals surface area contributed by atoms with Gasteiger partial charge in [-0.2, -0.15) is 0 Å². The molecule has 0 unspecified atom stereocenters. The average Bonchev–Trinajstić information content (AvgIpc) is 3.23. The van der Waals surface area contributed by atoms with Crippen LogP contribution in [0.2, 0.25) is 0 Å². The minimum absolute atomic E-state index is 0.190. The van der Waals surface area contributed by atoms with Gasteiger partial charge in [0.1, 0.15) is 17.0 Å². The Balaban J connectivity index is 1.14. The van der Waals surface area contributed by atoms with E-state index in [1.165, 1.54) is 25.8 Å². The molecule has 0 aliphatic carbocycles. The molecule has 192 valence electrons. The summed E-state index contributed by atoms with van der Waals surface area (Å²) in [6.07, 6.45) is 2.90. The molecule has 4 amide bonds. The van der Waals surface area contributed by atoms with Gasteiger partial charge in [0.15, 0.2) is 0 Å². The fraction of sp³-hybridized carbons (Fsp3) is 0.423. The highest BCUT2D eigenvalue weighted by molar-refractivity contribution is 7.18. The van der Waals surface area contributed by atoms with Gasteiger partial charge < -0.3 is 4.90 Å². The Hall–Kier alpha value is -3.57. The minimum atomic E-state index is -0.541. The number of carbonyl (C=O) groups excluding carboxylic acids is 3. The molecular formula is C26H29N7O3S. The van der Waals surface area contributed by atoms with Crippen molar-refractivity contribution in [3.8, 4) is 0 Å². The van der Waals surface area contributed by atoms with Gasteiger partial charge in [-0.05, 0) is 43.0 Å². The van der Waals surface area contributed by atoms with E-state index in [0.717, 1.165) is 60.9 Å². The Bertz CT molecular complexity index is 1420. The quantitative estimate of drug-likeness (QED) is 0.566. The number of aromatic nitrogens is 2. The Morgan fingerprint density at radius 1 is 1.00 bits per heavy atom. The normalized spacial score (nSPS) is 19.0. The Kier molecular flexibility index (Phi) is 6.04. The highest BCUT2D eigenvalue weighted by atomic mass is 32.1. The van der Waals surface area contributed by atoms with Gasteiger partial charge in [-0.25, -0.2) is 24.8 Å². The summed E-state index contributed by atoms with van der Waals surface area (Å²) in [6.45, 7) is 9.37. The number of benzene rings is 1. The lowest BCUT2D eigenvalue weighted by Crippen LogP contribution is -2.56. The number of rotatable bonds is 4. The van der Waals surface area contributed by atoms with E-state index in [0.29, 0.717) is 12.1 Å². The second kappa shape index (κ2) is 9.38. The third-order valence-electron chi connectivity index (χ3n) is 7.52. The van der Waals surface area contributed by atoms with Crippen molar-refractivity contribution in [2.24, 2.45) is 0 Å². The first-order valence-corrected chi connectivity index (χ1v) is 13.4. The van der Waals surface area contributed by atoms with Crippen molar-refractivity contribution in [2.75, 3.05) is 37.6 Å². The topological polar surface area (TPSA) is 102 Å². The van der Waals surface area contributed by atoms with Gasteiger partial charge in [-0.15, -0.1) is 11.3 Å². The number of amides is 4. The predicted octanol–water partition coefficient (Wildman–Crippen LogP) is 2.83. The number of anilines is 1. The lowest BCUT2D eigenvalue weighted by atomic mass is 10.1. The van der Waals surface area contributed by atoms with E-state index >= 15 is 0 Å². The number of nitrogens with one attached hydrogen (secondary N) is 1. The monoisotopic (exact) mass is 519 g/mol. The summed E-state index contributed by atoms with van der Waals surface area (Å²) < 4.78 is 0. The molecule has 6 rings (SSSR count). The first-order chi connectivity index (χ1) is 17.9. The van der Waals surface area contributed by atoms with E-state index in [1.807, 2.05) is 12.1 Å². The molecule has 0 bridgehead atoms. The Labute approximate surface area is 218 Å². The number of hydrogen-bond donors (Lipinski definition) is 1. The third kappa shape index (κ3) is 4.31. The van der Waals surface area contributed by atoms with Gasteiger partial charge in [-0.1, -0.05) is 12.1 Å². The molecule has 2 aromatic heterocycles. The maximum atomic E-state index is 13.0. The molecule has 0 radical (unpaired) electrons. The third-order valence-corrected chi connectivity index (χ3v) is 8.63. The van der Waals surface area contributed by atoms with Crippen LogP contribution in [0.4, 0.5) is 10.6 Å². The van der Waals surface area contributed by atoms with E-state index in [-0.39, 0.29) is 24.8 Å². The van der Waals surface area contributed by atoms with Crippen molar-refractivity contribution in [2.45, 2.75) is 39.8 Å². The maximum Gasteiger partial charge on any atom is 0.342 e. The molecule has 1 N–H and O–H groups in total. The first-order valence-electron chi connectivity index (χ1n) is 12.6. The average molecular weight is 520 g/mol. The zero-order chi connectivity index (χ0) is 25.7. The molecule has 3 aliphatic rings. The number of thiophene rings is 1. The molecule has 0 atom stereocenters. The van der Waals surface area contributed by atoms with Crippen LogP contribution >= 0.6 is 11.3 Å². The summed E-state index contributed by atoms with van der Waals surface area (Å²) in [5, 5.41) is 6.25. The van der Waals surface area contributed by atoms with Crippen molar-refractivity contribution in [3.63, 3.8) is 0 Å². The zero-order valence-corrected chi connectivity index (χ0v) is 21.8. The van der Waals surface area contributed by atoms with Crippen LogP contribution in [-0.4, -0.2) is 75.5 Å². The van der Waals surface area contributed by atoms with Crippen LogP contribution in [-0.2, 0) is 17.9 Å². The van der Waals surface area contributed by atoms with Crippen LogP contribution in [0.5, 0.6) is 0 Å². The maximum absolute atomic E-state index is 13.0. The van der Waals surface area contributed by atoms with Gasteiger partial charge in [0.25, 0.3) is 5.91 Å². The first kappa shape index (κ1) is 23.8. The molecule has 0 spiro atoms. The highest BCUT2D eigenvalue weighted by Crippen LogP contribution is 2.34. The smallest absolute Gasteiger partial charge is 0.342 e. The fourth-order valence-corrected chi connectivity index (χ4v) is 6.43. The number of urea groups is 1. The number of hydrogen-bond acceptors (Lipinski definition) is 8. The summed E-state index contributed by atoms with van der Waals surface area (Å²) in [5.41, 5.74) is 3.95. The van der Waals surface area contributed by atoms with Crippen LogP contribution < -0.4 is 10.2 Å². The van der Waals surface area contributed by atoms with Gasteiger partial charge in [-0.3, -0.25) is 19.8 Å². The number of hydrazine groups is 1. The molecule has 37 heavy (non-hydrogen) atoms. The SMILES string of the molecule is Cc1sc2ncnc(N3CCCN(Cc4ccc5c(c4)CN(N4CCC(=O)NC4=O)C5=O)CC3)c2c1C. The summed E-state index contributed by atoms with van der Waals surface area (Å²) in [7, 11) is 0. The predicted molar refractivity (Wildman–Crippen MR) is 140 cm³/mol. The molecule has 1 aromatic carbocycles. The van der Waals surface area contributed by atoms with Gasteiger partial charge in [0.05, 0.1) is 18.5 Å². The fourth-order valence-electron chi connectivity index (χ4n) is 5.44. The highest BCUT2D eigenvalue weighted by Gasteiger charge is 2.37. The molecule has 2 fully saturated rings. The lowest BCUT2D eigenvalue weighted by Gasteiger charge is -2.33. The summed E-state index contributed by atoms with van der Waals surface area (Å²) in [4.78, 5) is 53.0. The van der Waals surface area contributed by atoms with E-state index in [9.17, 15) is 14.4 Å². The van der Waals surface area contributed by atoms with Crippen molar-refractivity contribution in [3.05, 3.63) is 51.7 Å². The van der Waals surface area contributed by atoms with Crippen LogP contribution in [0.1, 0.15) is 44.8 Å². The molecule has 3 aromatic rings. The standard InChI is InChI=1S/C26H29N7O3S/c1-16-17(2)37-24-22(16)23(27-15-28-24)31-8-3-7-30(10-11-31)13-18-4-5-20-19(12-18)14-33(25(20)35)32-9-6-21(34)29-26(32)36/h4-5,12,15H,3,6-11,13-14H2,1-2H3,(H,29,34,36). The van der Waals surface area contributed by atoms with Crippen LogP contribution in [0.15, 0.2) is 24.5 Å². The minimum Gasteiger partial charge on any atom is -0.355 e. The van der Waals surface area contributed by atoms with E-state index in [2.05, 4.69) is 45.0 Å². The largest absolute Gasteiger partial charge is 0.355 e. The van der Waals surface area contributed by atoms with Gasteiger partial charge in [0.2, 0.25) is 5.91 Å². The molecule has 10 nitrogen and oxygen atoms in total. The number of carbonyl (C=O) groups is 3. The number of nitrogens with zero attached hydrogens (tertiary/aromatic N) is 6. The lowest BCUT2D eigenvalue weighted by molar-refractivity contribution is -0.123. The molecule has 11 heteroatoms. The van der Waals surface area contributed by atoms with Crippen molar-refractivity contribution >= 4 is 45.2 Å². The zero-order valence-electron chi connectivity index (χ0n) is 21.0. The van der Waals surface area contributed by atoms with E-state index < -0.39 is 6.03 Å². The van der Waals surface area contributed by atoms with Gasteiger partial charge in [0, 0.05) is 49.6 Å². The number of imide groups is 1. The van der Waals surface area contributed by atoms with Crippen LogP contribution in [0.3, 0.4) is 0 Å². The number of fused-ring (bicyclic) bond motifs is 2. The molecular weight excluding hydrogens is 490 g/mol. The number of aryl methyl sites for hydroxylation is 2. The Morgan fingerprint density at radius 2 is 1.86 bits per heavy atom. The van der Waals surface area contributed by atoms with Crippen molar-refractivity contribution in [1.29, 1.82) is 0 Å². The second-order valence-corrected chi connectivity index (χ2v) is 11.1. The summed E-state index contributed by atoms with van der Waals surface area (Å²) in [6, 6.07) is 5.41. The van der Waals surface area contributed by atoms with E-state index in [1.54, 1.807) is 17.7 Å².